The summed E-state index contributed by atoms with van der Waals surface area (Å²) in [6.07, 6.45) is 2.16. The summed E-state index contributed by atoms with van der Waals surface area (Å²) in [6, 6.07) is 10.7. The van der Waals surface area contributed by atoms with Gasteiger partial charge in [-0.15, -0.1) is 0 Å². The van der Waals surface area contributed by atoms with Crippen molar-refractivity contribution in [2.75, 3.05) is 18.6 Å². The Bertz CT molecular complexity index is 539. The Morgan fingerprint density at radius 2 is 2.11 bits per heavy atom. The standard InChI is InChI=1S/C16H22N2S/c1-12(11-19-3)9-17-10-14-5-7-16-15(8-14)6-4-13(2)18-16/h4-8,12,17H,9-11H2,1-3H3. The van der Waals surface area contributed by atoms with Gasteiger partial charge in [-0.2, -0.15) is 11.8 Å². The van der Waals surface area contributed by atoms with Crippen molar-refractivity contribution in [3.8, 4) is 0 Å². The fraction of sp³-hybridized carbons (Fsp3) is 0.438. The number of thioether (sulfide) groups is 1. The van der Waals surface area contributed by atoms with Crippen LogP contribution < -0.4 is 5.32 Å². The number of nitrogens with one attached hydrogen (secondary N) is 1. The summed E-state index contributed by atoms with van der Waals surface area (Å²) in [5.41, 5.74) is 3.48. The quantitative estimate of drug-likeness (QED) is 0.870. The van der Waals surface area contributed by atoms with Gasteiger partial charge in [-0.25, -0.2) is 0 Å². The zero-order valence-electron chi connectivity index (χ0n) is 11.9. The molecule has 0 spiro atoms. The minimum atomic E-state index is 0.722. The number of aromatic nitrogens is 1. The van der Waals surface area contributed by atoms with Crippen LogP contribution in [-0.2, 0) is 6.54 Å². The summed E-state index contributed by atoms with van der Waals surface area (Å²) in [4.78, 5) is 4.53. The minimum Gasteiger partial charge on any atom is -0.312 e. The van der Waals surface area contributed by atoms with Crippen molar-refractivity contribution < 1.29 is 0 Å². The van der Waals surface area contributed by atoms with E-state index in [1.54, 1.807) is 0 Å². The van der Waals surface area contributed by atoms with E-state index >= 15 is 0 Å². The molecule has 1 heterocycles. The van der Waals surface area contributed by atoms with Crippen molar-refractivity contribution in [1.29, 1.82) is 0 Å². The van der Waals surface area contributed by atoms with Gasteiger partial charge in [-0.05, 0) is 55.2 Å². The normalized spacial score (nSPS) is 12.8. The molecule has 102 valence electrons. The van der Waals surface area contributed by atoms with Gasteiger partial charge < -0.3 is 5.32 Å². The SMILES string of the molecule is CSCC(C)CNCc1ccc2nc(C)ccc2c1. The molecule has 0 fully saturated rings. The Morgan fingerprint density at radius 3 is 2.89 bits per heavy atom. The third-order valence-corrected chi connectivity index (χ3v) is 4.07. The number of hydrogen-bond donors (Lipinski definition) is 1. The summed E-state index contributed by atoms with van der Waals surface area (Å²) in [5.74, 6) is 1.94. The van der Waals surface area contributed by atoms with E-state index in [0.29, 0.717) is 0 Å². The number of nitrogens with zero attached hydrogens (tertiary/aromatic N) is 1. The van der Waals surface area contributed by atoms with Crippen LogP contribution in [0.5, 0.6) is 0 Å². The van der Waals surface area contributed by atoms with Crippen molar-refractivity contribution in [3.63, 3.8) is 0 Å². The Labute approximate surface area is 120 Å². The molecule has 2 nitrogen and oxygen atoms in total. The number of benzene rings is 1. The maximum Gasteiger partial charge on any atom is 0.0705 e. The Morgan fingerprint density at radius 1 is 1.26 bits per heavy atom. The van der Waals surface area contributed by atoms with E-state index in [-0.39, 0.29) is 0 Å². The number of hydrogen-bond acceptors (Lipinski definition) is 3. The Hall–Kier alpha value is -1.06. The molecule has 1 unspecified atom stereocenters. The average Bonchev–Trinajstić information content (AvgIpc) is 2.39. The van der Waals surface area contributed by atoms with E-state index in [9.17, 15) is 0 Å². The molecule has 1 N–H and O–H groups in total. The molecule has 0 aliphatic heterocycles. The van der Waals surface area contributed by atoms with Gasteiger partial charge in [0.2, 0.25) is 0 Å². The van der Waals surface area contributed by atoms with Crippen molar-refractivity contribution in [2.45, 2.75) is 20.4 Å². The number of pyridine rings is 1. The van der Waals surface area contributed by atoms with Crippen LogP contribution in [0.15, 0.2) is 30.3 Å². The third kappa shape index (κ3) is 4.22. The summed E-state index contributed by atoms with van der Waals surface area (Å²) < 4.78 is 0. The molecule has 2 rings (SSSR count). The lowest BCUT2D eigenvalue weighted by atomic mass is 10.1. The van der Waals surface area contributed by atoms with Gasteiger partial charge in [0, 0.05) is 17.6 Å². The van der Waals surface area contributed by atoms with Gasteiger partial charge in [0.25, 0.3) is 0 Å². The van der Waals surface area contributed by atoms with Gasteiger partial charge in [0.05, 0.1) is 5.52 Å². The predicted molar refractivity (Wildman–Crippen MR) is 85.7 cm³/mol. The zero-order chi connectivity index (χ0) is 13.7. The topological polar surface area (TPSA) is 24.9 Å². The lowest BCUT2D eigenvalue weighted by Gasteiger charge is -2.11. The number of aryl methyl sites for hydroxylation is 1. The first-order valence-corrected chi connectivity index (χ1v) is 8.14. The van der Waals surface area contributed by atoms with E-state index in [2.05, 4.69) is 53.8 Å². The van der Waals surface area contributed by atoms with Crippen LogP contribution in [0.1, 0.15) is 18.2 Å². The Balaban J connectivity index is 1.96. The minimum absolute atomic E-state index is 0.722. The molecule has 19 heavy (non-hydrogen) atoms. The van der Waals surface area contributed by atoms with Crippen molar-refractivity contribution in [2.24, 2.45) is 5.92 Å². The highest BCUT2D eigenvalue weighted by molar-refractivity contribution is 7.98. The lowest BCUT2D eigenvalue weighted by Crippen LogP contribution is -2.21. The maximum atomic E-state index is 4.53. The van der Waals surface area contributed by atoms with Crippen LogP contribution in [0.3, 0.4) is 0 Å². The van der Waals surface area contributed by atoms with Gasteiger partial charge in [0.1, 0.15) is 0 Å². The second-order valence-electron chi connectivity index (χ2n) is 5.17. The van der Waals surface area contributed by atoms with E-state index in [1.807, 2.05) is 18.7 Å². The molecule has 0 amide bonds. The molecule has 0 saturated heterocycles. The molecule has 2 aromatic rings. The van der Waals surface area contributed by atoms with Crippen LogP contribution in [0.2, 0.25) is 0 Å². The predicted octanol–water partition coefficient (Wildman–Crippen LogP) is 3.63. The van der Waals surface area contributed by atoms with Gasteiger partial charge >= 0.3 is 0 Å². The number of rotatable bonds is 6. The zero-order valence-corrected chi connectivity index (χ0v) is 12.8. The maximum absolute atomic E-state index is 4.53. The molecule has 3 heteroatoms. The van der Waals surface area contributed by atoms with Crippen molar-refractivity contribution >= 4 is 22.7 Å². The lowest BCUT2D eigenvalue weighted by molar-refractivity contribution is 0.559. The fourth-order valence-electron chi connectivity index (χ4n) is 2.19. The number of fused-ring (bicyclic) bond motifs is 1. The summed E-state index contributed by atoms with van der Waals surface area (Å²) >= 11 is 1.91. The van der Waals surface area contributed by atoms with E-state index in [1.165, 1.54) is 16.7 Å². The van der Waals surface area contributed by atoms with Crippen LogP contribution in [0.4, 0.5) is 0 Å². The summed E-state index contributed by atoms with van der Waals surface area (Å²) in [6.45, 7) is 6.33. The smallest absolute Gasteiger partial charge is 0.0705 e. The molecule has 1 aromatic heterocycles. The molecular weight excluding hydrogens is 252 g/mol. The highest BCUT2D eigenvalue weighted by atomic mass is 32.2. The van der Waals surface area contributed by atoms with Crippen LogP contribution in [0, 0.1) is 12.8 Å². The van der Waals surface area contributed by atoms with E-state index < -0.39 is 0 Å². The molecule has 1 atom stereocenters. The van der Waals surface area contributed by atoms with Crippen LogP contribution in [-0.4, -0.2) is 23.5 Å². The summed E-state index contributed by atoms with van der Waals surface area (Å²) in [7, 11) is 0. The van der Waals surface area contributed by atoms with Gasteiger partial charge in [-0.1, -0.05) is 19.1 Å². The first-order valence-electron chi connectivity index (χ1n) is 6.75. The average molecular weight is 274 g/mol. The second-order valence-corrected chi connectivity index (χ2v) is 6.08. The first kappa shape index (κ1) is 14.4. The second kappa shape index (κ2) is 6.92. The van der Waals surface area contributed by atoms with Crippen molar-refractivity contribution in [1.82, 2.24) is 10.3 Å². The highest BCUT2D eigenvalue weighted by Crippen LogP contribution is 2.14. The van der Waals surface area contributed by atoms with Gasteiger partial charge in [0.15, 0.2) is 0 Å². The van der Waals surface area contributed by atoms with Crippen molar-refractivity contribution in [3.05, 3.63) is 41.6 Å². The van der Waals surface area contributed by atoms with E-state index in [0.717, 1.165) is 30.2 Å². The monoisotopic (exact) mass is 274 g/mol. The summed E-state index contributed by atoms with van der Waals surface area (Å²) in [5, 5.41) is 4.75. The molecule has 0 aliphatic rings. The van der Waals surface area contributed by atoms with Gasteiger partial charge in [-0.3, -0.25) is 4.98 Å². The molecule has 1 aromatic carbocycles. The molecule has 0 bridgehead atoms. The van der Waals surface area contributed by atoms with Crippen LogP contribution in [0.25, 0.3) is 10.9 Å². The molecular formula is C16H22N2S. The fourth-order valence-corrected chi connectivity index (χ4v) is 2.88. The Kier molecular flexibility index (Phi) is 5.23. The highest BCUT2D eigenvalue weighted by Gasteiger charge is 2.01. The molecule has 0 radical (unpaired) electrons. The molecule has 0 aliphatic carbocycles. The third-order valence-electron chi connectivity index (χ3n) is 3.17. The largest absolute Gasteiger partial charge is 0.312 e. The van der Waals surface area contributed by atoms with E-state index in [4.69, 9.17) is 0 Å². The van der Waals surface area contributed by atoms with Crippen LogP contribution >= 0.6 is 11.8 Å². The molecule has 0 saturated carbocycles. The first-order chi connectivity index (χ1) is 9.19.